The van der Waals surface area contributed by atoms with Gasteiger partial charge in [-0.3, -0.25) is 9.58 Å². The van der Waals surface area contributed by atoms with Gasteiger partial charge in [-0.1, -0.05) is 18.2 Å². The minimum Gasteiger partial charge on any atom is -0.291 e. The molecule has 4 rings (SSSR count). The number of hydrogen-bond donors (Lipinski definition) is 0. The maximum absolute atomic E-state index is 4.61. The number of aromatic nitrogens is 6. The van der Waals surface area contributed by atoms with Crippen LogP contribution in [-0.2, 0) is 13.1 Å². The van der Waals surface area contributed by atoms with Crippen molar-refractivity contribution in [2.45, 2.75) is 45.8 Å². The molecule has 0 unspecified atom stereocenters. The van der Waals surface area contributed by atoms with Crippen molar-refractivity contribution < 1.29 is 0 Å². The van der Waals surface area contributed by atoms with Gasteiger partial charge in [0.05, 0.1) is 24.5 Å². The van der Waals surface area contributed by atoms with Crippen LogP contribution in [0.3, 0.4) is 0 Å². The first-order valence-electron chi connectivity index (χ1n) is 8.78. The van der Waals surface area contributed by atoms with Crippen LogP contribution >= 0.6 is 0 Å². The zero-order chi connectivity index (χ0) is 17.2. The molecule has 1 fully saturated rings. The Balaban J connectivity index is 1.51. The summed E-state index contributed by atoms with van der Waals surface area (Å²) in [7, 11) is 0. The largest absolute Gasteiger partial charge is 0.291 e. The molecule has 7 heteroatoms. The van der Waals surface area contributed by atoms with E-state index in [4.69, 9.17) is 0 Å². The average Bonchev–Trinajstić information content (AvgIpc) is 3.31. The molecule has 0 aliphatic carbocycles. The summed E-state index contributed by atoms with van der Waals surface area (Å²) in [4.78, 5) is 2.47. The number of hydrogen-bond acceptors (Lipinski definition) is 5. The highest BCUT2D eigenvalue weighted by Gasteiger charge is 2.27. The maximum atomic E-state index is 4.61. The second kappa shape index (κ2) is 6.76. The Morgan fingerprint density at radius 3 is 2.76 bits per heavy atom. The molecule has 2 aromatic heterocycles. The predicted molar refractivity (Wildman–Crippen MR) is 94.3 cm³/mol. The second-order valence-electron chi connectivity index (χ2n) is 6.72. The molecule has 1 saturated heterocycles. The molecule has 3 aromatic rings. The van der Waals surface area contributed by atoms with Gasteiger partial charge in [-0.25, -0.2) is 0 Å². The van der Waals surface area contributed by atoms with Crippen LogP contribution in [0.2, 0.25) is 0 Å². The third-order valence-corrected chi connectivity index (χ3v) is 4.87. The van der Waals surface area contributed by atoms with Gasteiger partial charge in [0, 0.05) is 11.7 Å². The third kappa shape index (κ3) is 3.32. The molecular weight excluding hydrogens is 314 g/mol. The molecule has 3 heterocycles. The van der Waals surface area contributed by atoms with E-state index in [1.165, 1.54) is 18.5 Å². The molecule has 0 spiro atoms. The zero-order valence-corrected chi connectivity index (χ0v) is 14.7. The van der Waals surface area contributed by atoms with Crippen LogP contribution < -0.4 is 0 Å². The Bertz CT molecular complexity index is 836. The second-order valence-corrected chi connectivity index (χ2v) is 6.72. The summed E-state index contributed by atoms with van der Waals surface area (Å²) in [6.45, 7) is 6.92. The molecule has 7 nitrogen and oxygen atoms in total. The summed E-state index contributed by atoms with van der Waals surface area (Å²) < 4.78 is 3.96. The van der Waals surface area contributed by atoms with E-state index in [2.05, 4.69) is 43.2 Å². The van der Waals surface area contributed by atoms with E-state index >= 15 is 0 Å². The summed E-state index contributed by atoms with van der Waals surface area (Å²) in [6, 6.07) is 12.7. The average molecular weight is 337 g/mol. The standard InChI is InChI=1S/C18H23N7/c1-14-11-15(2)24(20-14)12-17-9-6-10-23(17)13-18-19-21-22-25(18)16-7-4-3-5-8-16/h3-5,7-8,11,17H,6,9-10,12-13H2,1-2H3/t17-/m1/s1. The molecule has 25 heavy (non-hydrogen) atoms. The van der Waals surface area contributed by atoms with Crippen LogP contribution in [0.5, 0.6) is 0 Å². The van der Waals surface area contributed by atoms with Gasteiger partial charge >= 0.3 is 0 Å². The van der Waals surface area contributed by atoms with Gasteiger partial charge in [0.15, 0.2) is 5.82 Å². The van der Waals surface area contributed by atoms with Crippen molar-refractivity contribution in [1.82, 2.24) is 34.9 Å². The fourth-order valence-corrected chi connectivity index (χ4v) is 3.63. The fraction of sp³-hybridized carbons (Fsp3) is 0.444. The van der Waals surface area contributed by atoms with Gasteiger partial charge in [-0.05, 0) is 61.9 Å². The molecule has 0 bridgehead atoms. The molecule has 1 aliphatic rings. The lowest BCUT2D eigenvalue weighted by Gasteiger charge is -2.24. The highest BCUT2D eigenvalue weighted by Crippen LogP contribution is 2.22. The number of para-hydroxylation sites is 1. The lowest BCUT2D eigenvalue weighted by molar-refractivity contribution is 0.211. The number of likely N-dealkylation sites (tertiary alicyclic amines) is 1. The number of tetrazole rings is 1. The fourth-order valence-electron chi connectivity index (χ4n) is 3.63. The minimum atomic E-state index is 0.471. The molecule has 0 saturated carbocycles. The topological polar surface area (TPSA) is 64.7 Å². The molecule has 1 aliphatic heterocycles. The first-order chi connectivity index (χ1) is 12.2. The van der Waals surface area contributed by atoms with Crippen LogP contribution in [0.4, 0.5) is 0 Å². The number of nitrogens with zero attached hydrogens (tertiary/aromatic N) is 7. The van der Waals surface area contributed by atoms with Crippen LogP contribution in [-0.4, -0.2) is 47.5 Å². The summed E-state index contributed by atoms with van der Waals surface area (Å²) in [5.41, 5.74) is 3.30. The number of aryl methyl sites for hydroxylation is 2. The predicted octanol–water partition coefficient (Wildman–Crippen LogP) is 2.14. The monoisotopic (exact) mass is 337 g/mol. The maximum Gasteiger partial charge on any atom is 0.170 e. The molecule has 130 valence electrons. The van der Waals surface area contributed by atoms with E-state index in [1.807, 2.05) is 41.9 Å². The minimum absolute atomic E-state index is 0.471. The Hall–Kier alpha value is -2.54. The Labute approximate surface area is 147 Å². The SMILES string of the molecule is Cc1cc(C)n(C[C@H]2CCCN2Cc2nnnn2-c2ccccc2)n1. The van der Waals surface area contributed by atoms with E-state index in [0.29, 0.717) is 6.04 Å². The van der Waals surface area contributed by atoms with Crippen molar-refractivity contribution in [2.75, 3.05) is 6.54 Å². The summed E-state index contributed by atoms with van der Waals surface area (Å²) >= 11 is 0. The van der Waals surface area contributed by atoms with Crippen LogP contribution in [0, 0.1) is 13.8 Å². The summed E-state index contributed by atoms with van der Waals surface area (Å²) in [5, 5.41) is 16.9. The lowest BCUT2D eigenvalue weighted by Crippen LogP contribution is -2.34. The first kappa shape index (κ1) is 16.0. The van der Waals surface area contributed by atoms with Crippen molar-refractivity contribution in [3.63, 3.8) is 0 Å². The van der Waals surface area contributed by atoms with Crippen molar-refractivity contribution in [3.8, 4) is 5.69 Å². The van der Waals surface area contributed by atoms with Crippen LogP contribution in [0.15, 0.2) is 36.4 Å². The van der Waals surface area contributed by atoms with E-state index in [9.17, 15) is 0 Å². The van der Waals surface area contributed by atoms with Crippen molar-refractivity contribution >= 4 is 0 Å². The van der Waals surface area contributed by atoms with Gasteiger partial charge in [0.1, 0.15) is 0 Å². The Morgan fingerprint density at radius 2 is 2.00 bits per heavy atom. The van der Waals surface area contributed by atoms with Crippen molar-refractivity contribution in [3.05, 3.63) is 53.6 Å². The quantitative estimate of drug-likeness (QED) is 0.714. The smallest absolute Gasteiger partial charge is 0.170 e. The van der Waals surface area contributed by atoms with E-state index in [0.717, 1.165) is 36.8 Å². The normalized spacial score (nSPS) is 18.1. The highest BCUT2D eigenvalue weighted by atomic mass is 15.5. The van der Waals surface area contributed by atoms with E-state index in [1.54, 1.807) is 0 Å². The van der Waals surface area contributed by atoms with Gasteiger partial charge in [-0.2, -0.15) is 9.78 Å². The highest BCUT2D eigenvalue weighted by molar-refractivity contribution is 5.30. The molecule has 0 amide bonds. The molecule has 0 N–H and O–H groups in total. The van der Waals surface area contributed by atoms with Crippen LogP contribution in [0.1, 0.15) is 30.1 Å². The summed E-state index contributed by atoms with van der Waals surface area (Å²) in [6.07, 6.45) is 2.39. The van der Waals surface area contributed by atoms with Gasteiger partial charge in [0.25, 0.3) is 0 Å². The Morgan fingerprint density at radius 1 is 1.16 bits per heavy atom. The first-order valence-corrected chi connectivity index (χ1v) is 8.78. The van der Waals surface area contributed by atoms with E-state index in [-0.39, 0.29) is 0 Å². The van der Waals surface area contributed by atoms with Gasteiger partial charge in [-0.15, -0.1) is 5.10 Å². The number of benzene rings is 1. The van der Waals surface area contributed by atoms with Gasteiger partial charge in [0.2, 0.25) is 0 Å². The molecule has 1 atom stereocenters. The third-order valence-electron chi connectivity index (χ3n) is 4.87. The Kier molecular flexibility index (Phi) is 4.31. The molecule has 1 aromatic carbocycles. The van der Waals surface area contributed by atoms with Crippen molar-refractivity contribution in [1.29, 1.82) is 0 Å². The zero-order valence-electron chi connectivity index (χ0n) is 14.7. The van der Waals surface area contributed by atoms with E-state index < -0.39 is 0 Å². The summed E-state index contributed by atoms with van der Waals surface area (Å²) in [5.74, 6) is 0.881. The van der Waals surface area contributed by atoms with Crippen molar-refractivity contribution in [2.24, 2.45) is 0 Å². The molecular formula is C18H23N7. The molecule has 0 radical (unpaired) electrons. The van der Waals surface area contributed by atoms with Gasteiger partial charge < -0.3 is 0 Å². The van der Waals surface area contributed by atoms with Crippen LogP contribution in [0.25, 0.3) is 5.69 Å². The number of rotatable bonds is 5. The lowest BCUT2D eigenvalue weighted by atomic mass is 10.2.